The molecule has 2 rings (SSSR count). The molecule has 1 heterocycles. The van der Waals surface area contributed by atoms with Gasteiger partial charge in [0, 0.05) is 18.3 Å². The van der Waals surface area contributed by atoms with Crippen molar-refractivity contribution < 1.29 is 0 Å². The highest BCUT2D eigenvalue weighted by Crippen LogP contribution is 2.22. The Morgan fingerprint density at radius 1 is 1.40 bits per heavy atom. The second-order valence-electron chi connectivity index (χ2n) is 4.79. The van der Waals surface area contributed by atoms with Crippen molar-refractivity contribution in [3.05, 3.63) is 50.1 Å². The normalized spacial score (nSPS) is 10.8. The number of aromatic amines is 1. The molecule has 0 spiro atoms. The van der Waals surface area contributed by atoms with Crippen LogP contribution < -0.4 is 16.2 Å². The minimum absolute atomic E-state index is 0.123. The summed E-state index contributed by atoms with van der Waals surface area (Å²) in [4.78, 5) is 20.7. The van der Waals surface area contributed by atoms with Crippen molar-refractivity contribution >= 4 is 34.1 Å². The zero-order valence-corrected chi connectivity index (χ0v) is 13.6. The lowest BCUT2D eigenvalue weighted by Crippen LogP contribution is -2.33. The van der Waals surface area contributed by atoms with Crippen molar-refractivity contribution in [3.63, 3.8) is 0 Å². The zero-order chi connectivity index (χ0) is 14.7. The summed E-state index contributed by atoms with van der Waals surface area (Å²) in [6.45, 7) is 4.76. The van der Waals surface area contributed by atoms with E-state index in [9.17, 15) is 4.79 Å². The minimum Gasteiger partial charge on any atom is -0.398 e. The second-order valence-corrected chi connectivity index (χ2v) is 5.87. The number of anilines is 2. The van der Waals surface area contributed by atoms with Gasteiger partial charge in [-0.3, -0.25) is 4.79 Å². The lowest BCUT2D eigenvalue weighted by Gasteiger charge is -2.28. The fourth-order valence-electron chi connectivity index (χ4n) is 1.94. The minimum atomic E-state index is -0.123. The van der Waals surface area contributed by atoms with Gasteiger partial charge in [0.1, 0.15) is 9.39 Å². The van der Waals surface area contributed by atoms with E-state index in [2.05, 4.69) is 28.7 Å². The third-order valence-electron chi connectivity index (χ3n) is 3.07. The molecule has 2 aromatic rings. The summed E-state index contributed by atoms with van der Waals surface area (Å²) >= 11 is 2.03. The number of aromatic nitrogens is 2. The lowest BCUT2D eigenvalue weighted by molar-refractivity contribution is 0.669. The van der Waals surface area contributed by atoms with Crippen molar-refractivity contribution in [2.45, 2.75) is 26.4 Å². The van der Waals surface area contributed by atoms with Crippen LogP contribution in [0.5, 0.6) is 0 Å². The van der Waals surface area contributed by atoms with Crippen molar-refractivity contribution in [3.8, 4) is 0 Å². The van der Waals surface area contributed by atoms with Crippen LogP contribution in [0.2, 0.25) is 0 Å². The average molecular weight is 384 g/mol. The molecule has 0 atom stereocenters. The molecule has 0 amide bonds. The zero-order valence-electron chi connectivity index (χ0n) is 11.4. The van der Waals surface area contributed by atoms with Crippen LogP contribution in [0, 0.1) is 3.57 Å². The van der Waals surface area contributed by atoms with Gasteiger partial charge in [0.15, 0.2) is 0 Å². The number of nitrogens with zero attached hydrogens (tertiary/aromatic N) is 2. The molecule has 3 N–H and O–H groups in total. The number of hydrogen-bond donors (Lipinski definition) is 2. The first-order chi connectivity index (χ1) is 9.50. The monoisotopic (exact) mass is 384 g/mol. The van der Waals surface area contributed by atoms with Crippen LogP contribution in [0.3, 0.4) is 0 Å². The molecule has 0 aliphatic rings. The molecule has 106 valence electrons. The number of para-hydroxylation sites is 1. The number of benzene rings is 1. The van der Waals surface area contributed by atoms with Crippen LogP contribution in [-0.4, -0.2) is 16.0 Å². The predicted molar refractivity (Wildman–Crippen MR) is 89.7 cm³/mol. The summed E-state index contributed by atoms with van der Waals surface area (Å²) in [7, 11) is 0. The van der Waals surface area contributed by atoms with E-state index < -0.39 is 0 Å². The van der Waals surface area contributed by atoms with Crippen LogP contribution >= 0.6 is 22.6 Å². The molecule has 6 heteroatoms. The van der Waals surface area contributed by atoms with Gasteiger partial charge in [-0.15, -0.1) is 0 Å². The standard InChI is InChI=1S/C14H17IN4O/c1-9(2)19(7-10-5-3-4-6-11(10)16)13-12(15)14(20)18-8-17-13/h3-6,8-9H,7,16H2,1-2H3,(H,17,18,20). The van der Waals surface area contributed by atoms with Crippen LogP contribution in [0.25, 0.3) is 0 Å². The predicted octanol–water partition coefficient (Wildman–Crippen LogP) is 2.37. The van der Waals surface area contributed by atoms with Gasteiger partial charge in [-0.1, -0.05) is 18.2 Å². The quantitative estimate of drug-likeness (QED) is 0.627. The summed E-state index contributed by atoms with van der Waals surface area (Å²) in [5, 5.41) is 0. The molecule has 1 aromatic carbocycles. The van der Waals surface area contributed by atoms with Gasteiger partial charge in [0.05, 0.1) is 6.33 Å². The Hall–Kier alpha value is -1.57. The maximum absolute atomic E-state index is 11.7. The Morgan fingerprint density at radius 2 is 2.10 bits per heavy atom. The highest BCUT2D eigenvalue weighted by Gasteiger charge is 2.18. The highest BCUT2D eigenvalue weighted by molar-refractivity contribution is 14.1. The molecule has 0 bridgehead atoms. The van der Waals surface area contributed by atoms with E-state index in [4.69, 9.17) is 5.73 Å². The lowest BCUT2D eigenvalue weighted by atomic mass is 10.1. The molecule has 20 heavy (non-hydrogen) atoms. The number of nitrogen functional groups attached to an aromatic ring is 1. The molecule has 0 saturated carbocycles. The Morgan fingerprint density at radius 3 is 2.75 bits per heavy atom. The van der Waals surface area contributed by atoms with Crippen LogP contribution in [0.15, 0.2) is 35.4 Å². The SMILES string of the molecule is CC(C)N(Cc1ccccc1N)c1nc[nH]c(=O)c1I. The summed E-state index contributed by atoms with van der Waals surface area (Å²) in [5.74, 6) is 0.688. The number of halogens is 1. The van der Waals surface area contributed by atoms with E-state index in [-0.39, 0.29) is 11.6 Å². The van der Waals surface area contributed by atoms with Gasteiger partial charge in [-0.25, -0.2) is 4.98 Å². The smallest absolute Gasteiger partial charge is 0.266 e. The Bertz CT molecular complexity index is 654. The van der Waals surface area contributed by atoms with Gasteiger partial charge < -0.3 is 15.6 Å². The van der Waals surface area contributed by atoms with Crippen molar-refractivity contribution in [2.75, 3.05) is 10.6 Å². The number of H-pyrrole nitrogens is 1. The summed E-state index contributed by atoms with van der Waals surface area (Å²) in [5.41, 5.74) is 7.65. The first kappa shape index (κ1) is 14.8. The number of nitrogens with two attached hydrogens (primary N) is 1. The molecule has 0 fully saturated rings. The van der Waals surface area contributed by atoms with Crippen LogP contribution in [0.1, 0.15) is 19.4 Å². The molecular formula is C14H17IN4O. The molecule has 0 radical (unpaired) electrons. The van der Waals surface area contributed by atoms with E-state index in [1.54, 1.807) is 0 Å². The summed E-state index contributed by atoms with van der Waals surface area (Å²) in [6, 6.07) is 7.94. The Balaban J connectivity index is 2.40. The van der Waals surface area contributed by atoms with E-state index in [0.29, 0.717) is 15.9 Å². The Labute approximate surface area is 131 Å². The molecule has 0 saturated heterocycles. The fourth-order valence-corrected chi connectivity index (χ4v) is 2.54. The molecule has 0 aliphatic carbocycles. The highest BCUT2D eigenvalue weighted by atomic mass is 127. The van der Waals surface area contributed by atoms with Crippen molar-refractivity contribution in [2.24, 2.45) is 0 Å². The molecule has 0 unspecified atom stereocenters. The summed E-state index contributed by atoms with van der Waals surface area (Å²) in [6.07, 6.45) is 1.43. The maximum Gasteiger partial charge on any atom is 0.266 e. The number of rotatable bonds is 4. The molecular weight excluding hydrogens is 367 g/mol. The van der Waals surface area contributed by atoms with Crippen LogP contribution in [-0.2, 0) is 6.54 Å². The first-order valence-electron chi connectivity index (χ1n) is 6.34. The average Bonchev–Trinajstić information content (AvgIpc) is 2.41. The van der Waals surface area contributed by atoms with Crippen LogP contribution in [0.4, 0.5) is 11.5 Å². The molecule has 1 aromatic heterocycles. The topological polar surface area (TPSA) is 75.0 Å². The summed E-state index contributed by atoms with van der Waals surface area (Å²) < 4.78 is 0.591. The fraction of sp³-hybridized carbons (Fsp3) is 0.286. The third kappa shape index (κ3) is 3.12. The Kier molecular flexibility index (Phi) is 4.64. The number of hydrogen-bond acceptors (Lipinski definition) is 4. The maximum atomic E-state index is 11.7. The largest absolute Gasteiger partial charge is 0.398 e. The van der Waals surface area contributed by atoms with Gasteiger partial charge >= 0.3 is 0 Å². The number of nitrogens with one attached hydrogen (secondary N) is 1. The van der Waals surface area contributed by atoms with Gasteiger partial charge in [-0.05, 0) is 48.1 Å². The van der Waals surface area contributed by atoms with Gasteiger partial charge in [-0.2, -0.15) is 0 Å². The van der Waals surface area contributed by atoms with E-state index in [0.717, 1.165) is 11.3 Å². The van der Waals surface area contributed by atoms with E-state index in [1.807, 2.05) is 46.9 Å². The van der Waals surface area contributed by atoms with Gasteiger partial charge in [0.2, 0.25) is 0 Å². The van der Waals surface area contributed by atoms with E-state index >= 15 is 0 Å². The first-order valence-corrected chi connectivity index (χ1v) is 7.41. The van der Waals surface area contributed by atoms with Crippen molar-refractivity contribution in [1.82, 2.24) is 9.97 Å². The molecule has 0 aliphatic heterocycles. The van der Waals surface area contributed by atoms with Crippen molar-refractivity contribution in [1.29, 1.82) is 0 Å². The third-order valence-corrected chi connectivity index (χ3v) is 4.04. The van der Waals surface area contributed by atoms with E-state index in [1.165, 1.54) is 6.33 Å². The molecule has 5 nitrogen and oxygen atoms in total. The van der Waals surface area contributed by atoms with Gasteiger partial charge in [0.25, 0.3) is 5.56 Å². The second kappa shape index (κ2) is 6.25.